The van der Waals surface area contributed by atoms with Gasteiger partial charge in [-0.1, -0.05) is 13.8 Å². The van der Waals surface area contributed by atoms with Crippen molar-refractivity contribution >= 4 is 6.09 Å². The van der Waals surface area contributed by atoms with Gasteiger partial charge in [0.2, 0.25) is 0 Å². The summed E-state index contributed by atoms with van der Waals surface area (Å²) in [6, 6.07) is 1.04. The van der Waals surface area contributed by atoms with Crippen molar-refractivity contribution in [2.75, 3.05) is 6.61 Å². The number of hydrogen-bond donors (Lipinski definition) is 2. The molecule has 0 aromatic carbocycles. The van der Waals surface area contributed by atoms with Gasteiger partial charge in [-0.2, -0.15) is 0 Å². The molecule has 128 valence electrons. The van der Waals surface area contributed by atoms with Gasteiger partial charge in [0.05, 0.1) is 6.10 Å². The van der Waals surface area contributed by atoms with Crippen LogP contribution in [0.4, 0.5) is 4.79 Å². The highest BCUT2D eigenvalue weighted by Gasteiger charge is 2.53. The monoisotopic (exact) mass is 312 g/mol. The molecule has 0 radical (unpaired) electrons. The average Bonchev–Trinajstić information content (AvgIpc) is 3.12. The molecule has 0 aliphatic heterocycles. The number of carbonyl (C=O) groups is 1. The summed E-state index contributed by atoms with van der Waals surface area (Å²) in [6.45, 7) is 13.0. The Bertz CT molecular complexity index is 407. The Labute approximate surface area is 134 Å². The molecule has 5 heteroatoms. The van der Waals surface area contributed by atoms with Gasteiger partial charge in [-0.05, 0) is 47.0 Å². The van der Waals surface area contributed by atoms with E-state index in [0.29, 0.717) is 18.2 Å². The van der Waals surface area contributed by atoms with Gasteiger partial charge in [-0.25, -0.2) is 4.79 Å². The topological polar surface area (TPSA) is 59.6 Å². The molecule has 0 heterocycles. The second-order valence-corrected chi connectivity index (χ2v) is 7.85. The molecule has 2 fully saturated rings. The summed E-state index contributed by atoms with van der Waals surface area (Å²) < 4.78 is 11.1. The van der Waals surface area contributed by atoms with Crippen LogP contribution < -0.4 is 10.6 Å². The fraction of sp³-hybridized carbons (Fsp3) is 0.941. The summed E-state index contributed by atoms with van der Waals surface area (Å²) in [5.41, 5.74) is -0.240. The summed E-state index contributed by atoms with van der Waals surface area (Å²) in [5.74, 6) is 0. The summed E-state index contributed by atoms with van der Waals surface area (Å²) in [6.07, 6.45) is 3.19. The minimum Gasteiger partial charge on any atom is -0.444 e. The molecule has 0 aromatic heterocycles. The quantitative estimate of drug-likeness (QED) is 0.792. The van der Waals surface area contributed by atoms with E-state index in [0.717, 1.165) is 25.9 Å². The van der Waals surface area contributed by atoms with Gasteiger partial charge in [0.15, 0.2) is 0 Å². The van der Waals surface area contributed by atoms with Gasteiger partial charge in [-0.15, -0.1) is 0 Å². The molecule has 2 saturated carbocycles. The molecular weight excluding hydrogens is 280 g/mol. The maximum Gasteiger partial charge on any atom is 0.407 e. The van der Waals surface area contributed by atoms with Crippen LogP contribution in [0, 0.1) is 5.41 Å². The van der Waals surface area contributed by atoms with Crippen molar-refractivity contribution in [2.45, 2.75) is 90.6 Å². The molecule has 0 spiro atoms. The van der Waals surface area contributed by atoms with E-state index in [9.17, 15) is 4.79 Å². The van der Waals surface area contributed by atoms with E-state index in [1.54, 1.807) is 0 Å². The van der Waals surface area contributed by atoms with Crippen LogP contribution in [0.1, 0.15) is 60.8 Å². The maximum absolute atomic E-state index is 11.8. The standard InChI is InChI=1S/C17H32N2O3/c1-7-17(6)13(10-14(17)21-8-2)18-11-9-12(11)19-15(20)22-16(3,4)5/h11-14,18H,7-10H2,1-6H3,(H,19,20). The van der Waals surface area contributed by atoms with Crippen LogP contribution in [0.15, 0.2) is 0 Å². The van der Waals surface area contributed by atoms with E-state index in [1.807, 2.05) is 20.8 Å². The zero-order chi connectivity index (χ0) is 16.5. The highest BCUT2D eigenvalue weighted by atomic mass is 16.6. The summed E-state index contributed by atoms with van der Waals surface area (Å²) >= 11 is 0. The number of alkyl carbamates (subject to hydrolysis) is 1. The molecule has 1 amide bonds. The highest BCUT2D eigenvalue weighted by molar-refractivity contribution is 5.68. The Hall–Kier alpha value is -0.810. The second kappa shape index (κ2) is 6.36. The van der Waals surface area contributed by atoms with Crippen molar-refractivity contribution in [2.24, 2.45) is 5.41 Å². The SMILES string of the molecule is CCOC1CC(NC2CC2NC(=O)OC(C)(C)C)C1(C)CC. The molecule has 5 unspecified atom stereocenters. The Morgan fingerprint density at radius 1 is 1.23 bits per heavy atom. The Morgan fingerprint density at radius 2 is 1.91 bits per heavy atom. The van der Waals surface area contributed by atoms with Crippen LogP contribution in [0.5, 0.6) is 0 Å². The molecule has 2 aliphatic rings. The third-order valence-electron chi connectivity index (χ3n) is 5.02. The molecule has 5 atom stereocenters. The van der Waals surface area contributed by atoms with E-state index < -0.39 is 5.60 Å². The van der Waals surface area contributed by atoms with Gasteiger partial charge in [0.25, 0.3) is 0 Å². The molecule has 2 aliphatic carbocycles. The van der Waals surface area contributed by atoms with Crippen LogP contribution in [-0.4, -0.2) is 42.5 Å². The first kappa shape index (κ1) is 17.5. The molecule has 0 bridgehead atoms. The average molecular weight is 312 g/mol. The zero-order valence-electron chi connectivity index (χ0n) is 14.9. The fourth-order valence-corrected chi connectivity index (χ4v) is 3.26. The van der Waals surface area contributed by atoms with Gasteiger partial charge < -0.3 is 20.1 Å². The third kappa shape index (κ3) is 3.93. The Balaban J connectivity index is 1.75. The lowest BCUT2D eigenvalue weighted by Gasteiger charge is -2.54. The van der Waals surface area contributed by atoms with E-state index in [1.165, 1.54) is 0 Å². The molecule has 2 rings (SSSR count). The van der Waals surface area contributed by atoms with Crippen molar-refractivity contribution in [3.05, 3.63) is 0 Å². The van der Waals surface area contributed by atoms with Crippen LogP contribution in [0.2, 0.25) is 0 Å². The van der Waals surface area contributed by atoms with Crippen LogP contribution >= 0.6 is 0 Å². The van der Waals surface area contributed by atoms with Crippen molar-refractivity contribution in [3.63, 3.8) is 0 Å². The van der Waals surface area contributed by atoms with Crippen molar-refractivity contribution in [1.29, 1.82) is 0 Å². The first-order valence-electron chi connectivity index (χ1n) is 8.56. The summed E-state index contributed by atoms with van der Waals surface area (Å²) in [4.78, 5) is 11.8. The van der Waals surface area contributed by atoms with Gasteiger partial charge >= 0.3 is 6.09 Å². The predicted octanol–water partition coefficient (Wildman–Crippen LogP) is 2.84. The molecular formula is C17H32N2O3. The second-order valence-electron chi connectivity index (χ2n) is 7.85. The fourth-order valence-electron chi connectivity index (χ4n) is 3.26. The number of ether oxygens (including phenoxy) is 2. The van der Waals surface area contributed by atoms with Crippen molar-refractivity contribution in [3.8, 4) is 0 Å². The van der Waals surface area contributed by atoms with Crippen LogP contribution in [0.3, 0.4) is 0 Å². The molecule has 5 nitrogen and oxygen atoms in total. The van der Waals surface area contributed by atoms with Crippen LogP contribution in [-0.2, 0) is 9.47 Å². The summed E-state index contributed by atoms with van der Waals surface area (Å²) in [5, 5.41) is 6.63. The lowest BCUT2D eigenvalue weighted by Crippen LogP contribution is -2.63. The zero-order valence-corrected chi connectivity index (χ0v) is 14.9. The first-order valence-corrected chi connectivity index (χ1v) is 8.56. The van der Waals surface area contributed by atoms with E-state index in [-0.39, 0.29) is 17.6 Å². The minimum absolute atomic E-state index is 0.196. The molecule has 0 saturated heterocycles. The number of carbonyl (C=O) groups excluding carboxylic acids is 1. The number of rotatable bonds is 6. The lowest BCUT2D eigenvalue weighted by atomic mass is 9.61. The normalized spacial score (nSPS) is 37.4. The summed E-state index contributed by atoms with van der Waals surface area (Å²) in [7, 11) is 0. The van der Waals surface area contributed by atoms with Crippen LogP contribution in [0.25, 0.3) is 0 Å². The first-order chi connectivity index (χ1) is 10.2. The number of hydrogen-bond acceptors (Lipinski definition) is 4. The highest BCUT2D eigenvalue weighted by Crippen LogP contribution is 2.47. The molecule has 2 N–H and O–H groups in total. The van der Waals surface area contributed by atoms with Crippen molar-refractivity contribution in [1.82, 2.24) is 10.6 Å². The van der Waals surface area contributed by atoms with Crippen molar-refractivity contribution < 1.29 is 14.3 Å². The van der Waals surface area contributed by atoms with E-state index in [2.05, 4.69) is 31.4 Å². The maximum atomic E-state index is 11.8. The lowest BCUT2D eigenvalue weighted by molar-refractivity contribution is -0.126. The molecule has 0 aromatic rings. The smallest absolute Gasteiger partial charge is 0.407 e. The van der Waals surface area contributed by atoms with Gasteiger partial charge in [0, 0.05) is 30.1 Å². The van der Waals surface area contributed by atoms with Gasteiger partial charge in [0.1, 0.15) is 5.60 Å². The van der Waals surface area contributed by atoms with E-state index in [4.69, 9.17) is 9.47 Å². The Morgan fingerprint density at radius 3 is 2.45 bits per heavy atom. The van der Waals surface area contributed by atoms with Gasteiger partial charge in [-0.3, -0.25) is 0 Å². The van der Waals surface area contributed by atoms with E-state index >= 15 is 0 Å². The third-order valence-corrected chi connectivity index (χ3v) is 5.02. The largest absolute Gasteiger partial charge is 0.444 e. The predicted molar refractivity (Wildman–Crippen MR) is 86.9 cm³/mol. The minimum atomic E-state index is -0.443. The number of nitrogens with one attached hydrogen (secondary N) is 2. The Kier molecular flexibility index (Phi) is 5.07. The number of amides is 1. The molecule has 22 heavy (non-hydrogen) atoms.